The molecule has 0 aliphatic carbocycles. The molecule has 0 fully saturated rings. The average molecular weight is 625 g/mol. The van der Waals surface area contributed by atoms with E-state index >= 15 is 0 Å². The number of benzene rings is 3. The van der Waals surface area contributed by atoms with Gasteiger partial charge in [-0.1, -0.05) is 60.7 Å². The number of fused-ring (bicyclic) bond motifs is 1. The van der Waals surface area contributed by atoms with Crippen LogP contribution in [0.1, 0.15) is 48.2 Å². The van der Waals surface area contributed by atoms with Gasteiger partial charge in [-0.3, -0.25) is 4.79 Å². The lowest BCUT2D eigenvalue weighted by atomic mass is 10.0. The van der Waals surface area contributed by atoms with Gasteiger partial charge >= 0.3 is 12.1 Å². The second-order valence-corrected chi connectivity index (χ2v) is 11.0. The highest BCUT2D eigenvalue weighted by Gasteiger charge is 2.38. The van der Waals surface area contributed by atoms with E-state index in [1.807, 2.05) is 59.3 Å². The third-order valence-corrected chi connectivity index (χ3v) is 6.86. The van der Waals surface area contributed by atoms with Gasteiger partial charge < -0.3 is 25.7 Å². The number of carboxylic acids is 1. The zero-order valence-corrected chi connectivity index (χ0v) is 24.5. The monoisotopic (exact) mass is 624 g/mol. The maximum atomic E-state index is 13.6. The van der Waals surface area contributed by atoms with E-state index in [2.05, 4.69) is 26.6 Å². The van der Waals surface area contributed by atoms with Crippen LogP contribution >= 0.6 is 0 Å². The van der Waals surface area contributed by atoms with Crippen molar-refractivity contribution in [1.82, 2.24) is 25.1 Å². The number of alkyl halides is 3. The molecule has 9 nitrogen and oxygen atoms in total. The lowest BCUT2D eigenvalue weighted by molar-refractivity contribution is -0.192. The van der Waals surface area contributed by atoms with Crippen LogP contribution in [0.15, 0.2) is 85.1 Å². The second kappa shape index (κ2) is 13.7. The maximum Gasteiger partial charge on any atom is 0.490 e. The highest BCUT2D eigenvalue weighted by Crippen LogP contribution is 2.26. The molecule has 0 saturated heterocycles. The Kier molecular flexibility index (Phi) is 10.0. The van der Waals surface area contributed by atoms with E-state index in [9.17, 15) is 22.4 Å². The van der Waals surface area contributed by atoms with Gasteiger partial charge in [-0.2, -0.15) is 13.2 Å². The second-order valence-electron chi connectivity index (χ2n) is 11.0. The van der Waals surface area contributed by atoms with E-state index in [0.717, 1.165) is 33.4 Å². The Morgan fingerprint density at radius 1 is 0.956 bits per heavy atom. The van der Waals surface area contributed by atoms with Crippen molar-refractivity contribution in [2.45, 2.75) is 51.0 Å². The summed E-state index contributed by atoms with van der Waals surface area (Å²) in [7, 11) is 0. The number of hydrogen-bond donors (Lipinski definition) is 4. The third kappa shape index (κ3) is 8.76. The summed E-state index contributed by atoms with van der Waals surface area (Å²) < 4.78 is 47.4. The molecule has 5 aromatic rings. The lowest BCUT2D eigenvalue weighted by Crippen LogP contribution is -2.50. The number of rotatable bonds is 9. The third-order valence-electron chi connectivity index (χ3n) is 6.86. The Bertz CT molecular complexity index is 1740. The van der Waals surface area contributed by atoms with Crippen LogP contribution in [0.25, 0.3) is 10.9 Å². The van der Waals surface area contributed by atoms with Gasteiger partial charge in [-0.05, 0) is 48.7 Å². The zero-order valence-electron chi connectivity index (χ0n) is 24.5. The van der Waals surface area contributed by atoms with Crippen LogP contribution < -0.4 is 11.1 Å². The predicted molar refractivity (Wildman–Crippen MR) is 160 cm³/mol. The molecule has 45 heavy (non-hydrogen) atoms. The minimum absolute atomic E-state index is 0.289. The summed E-state index contributed by atoms with van der Waals surface area (Å²) >= 11 is 0. The number of carbonyl (C=O) groups is 2. The smallest absolute Gasteiger partial charge is 0.475 e. The summed E-state index contributed by atoms with van der Waals surface area (Å²) in [6.07, 6.45) is -2.08. The molecule has 3 aromatic carbocycles. The van der Waals surface area contributed by atoms with Gasteiger partial charge in [0.2, 0.25) is 5.91 Å². The molecule has 13 heteroatoms. The number of aromatic nitrogens is 4. The number of nitrogens with zero attached hydrogens (tertiary/aromatic N) is 3. The molecule has 0 bridgehead atoms. The summed E-state index contributed by atoms with van der Waals surface area (Å²) in [6.45, 7) is 3.78. The molecule has 0 spiro atoms. The molecule has 0 radical (unpaired) electrons. The van der Waals surface area contributed by atoms with E-state index in [1.54, 1.807) is 26.0 Å². The number of halogens is 4. The van der Waals surface area contributed by atoms with Gasteiger partial charge in [-0.25, -0.2) is 9.18 Å². The molecule has 0 aliphatic rings. The first-order valence-corrected chi connectivity index (χ1v) is 13.9. The molecule has 0 saturated carbocycles. The van der Waals surface area contributed by atoms with E-state index in [4.69, 9.17) is 15.6 Å². The first-order valence-electron chi connectivity index (χ1n) is 13.9. The van der Waals surface area contributed by atoms with E-state index < -0.39 is 23.7 Å². The van der Waals surface area contributed by atoms with Crippen LogP contribution in [0.5, 0.6) is 0 Å². The number of hydrogen-bond acceptors (Lipinski definition) is 5. The number of aliphatic carboxylic acids is 1. The molecule has 2 heterocycles. The number of nitrogens with two attached hydrogens (primary N) is 1. The largest absolute Gasteiger partial charge is 0.490 e. The zero-order chi connectivity index (χ0) is 32.8. The summed E-state index contributed by atoms with van der Waals surface area (Å²) in [5.74, 6) is -1.98. The highest BCUT2D eigenvalue weighted by atomic mass is 19.4. The summed E-state index contributed by atoms with van der Waals surface area (Å²) in [6, 6.07) is 24.0. The van der Waals surface area contributed by atoms with Gasteiger partial charge in [0, 0.05) is 29.9 Å². The van der Waals surface area contributed by atoms with Crippen LogP contribution in [-0.2, 0) is 29.0 Å². The Hall–Kier alpha value is -5.04. The van der Waals surface area contributed by atoms with Crippen LogP contribution in [0.4, 0.5) is 17.6 Å². The molecule has 0 unspecified atom stereocenters. The standard InChI is InChI=1S/C30H31FN6O.C2HF3O2/c1-30(2,32)29(38)34-26(17-22-18-33-25-11-7-6-10-24(22)25)28-36-35-27(16-20-8-4-3-5-9-20)37(28)19-21-12-14-23(31)15-13-21;3-2(4,5)1(6)7/h3-15,18,26,33H,16-17,19,32H2,1-2H3,(H,34,38);(H,6,7)/t26-;/m1./s1. The number of H-pyrrole nitrogens is 1. The van der Waals surface area contributed by atoms with Crippen molar-refractivity contribution in [3.8, 4) is 0 Å². The van der Waals surface area contributed by atoms with Gasteiger partial charge in [0.25, 0.3) is 0 Å². The highest BCUT2D eigenvalue weighted by molar-refractivity contribution is 5.86. The van der Waals surface area contributed by atoms with Gasteiger partial charge in [-0.15, -0.1) is 10.2 Å². The van der Waals surface area contributed by atoms with Gasteiger partial charge in [0.05, 0.1) is 18.1 Å². The van der Waals surface area contributed by atoms with E-state index in [1.165, 1.54) is 12.1 Å². The van der Waals surface area contributed by atoms with Crippen molar-refractivity contribution in [3.05, 3.63) is 119 Å². The first-order chi connectivity index (χ1) is 21.2. The Morgan fingerprint density at radius 2 is 1.58 bits per heavy atom. The van der Waals surface area contributed by atoms with E-state index in [0.29, 0.717) is 25.2 Å². The number of para-hydroxylation sites is 1. The Morgan fingerprint density at radius 3 is 2.20 bits per heavy atom. The maximum absolute atomic E-state index is 13.6. The molecule has 1 amide bonds. The average Bonchev–Trinajstić information content (AvgIpc) is 3.57. The Labute approximate surface area is 256 Å². The number of aromatic amines is 1. The topological polar surface area (TPSA) is 139 Å². The quantitative estimate of drug-likeness (QED) is 0.164. The molecular formula is C32H32F4N6O3. The number of amides is 1. The predicted octanol–water partition coefficient (Wildman–Crippen LogP) is 5.31. The Balaban J connectivity index is 0.000000591. The molecule has 0 aliphatic heterocycles. The van der Waals surface area contributed by atoms with Crippen molar-refractivity contribution < 1.29 is 32.3 Å². The number of carboxylic acid groups (broad SMARTS) is 1. The molecule has 5 N–H and O–H groups in total. The van der Waals surface area contributed by atoms with Crippen LogP contribution in [0.3, 0.4) is 0 Å². The fourth-order valence-electron chi connectivity index (χ4n) is 4.53. The molecule has 5 rings (SSSR count). The van der Waals surface area contributed by atoms with Crippen molar-refractivity contribution in [2.75, 3.05) is 0 Å². The summed E-state index contributed by atoms with van der Waals surface area (Å²) in [4.78, 5) is 25.3. The van der Waals surface area contributed by atoms with Crippen molar-refractivity contribution in [2.24, 2.45) is 5.73 Å². The first kappa shape index (κ1) is 32.9. The fraction of sp³-hybridized carbons (Fsp3) is 0.250. The minimum Gasteiger partial charge on any atom is -0.475 e. The molecular weight excluding hydrogens is 592 g/mol. The molecule has 2 aromatic heterocycles. The molecule has 236 valence electrons. The van der Waals surface area contributed by atoms with Crippen molar-refractivity contribution >= 4 is 22.8 Å². The van der Waals surface area contributed by atoms with Crippen LogP contribution in [0.2, 0.25) is 0 Å². The van der Waals surface area contributed by atoms with Crippen molar-refractivity contribution in [3.63, 3.8) is 0 Å². The van der Waals surface area contributed by atoms with Gasteiger partial charge in [0.15, 0.2) is 5.82 Å². The van der Waals surface area contributed by atoms with Crippen LogP contribution in [-0.4, -0.2) is 48.4 Å². The SMILES string of the molecule is CC(C)(N)C(=O)N[C@H](Cc1c[nH]c2ccccc12)c1nnc(Cc2ccccc2)n1Cc1ccc(F)cc1.O=C(O)C(F)(F)F. The fourth-order valence-corrected chi connectivity index (χ4v) is 4.53. The minimum atomic E-state index is -5.08. The lowest BCUT2D eigenvalue weighted by Gasteiger charge is -2.25. The summed E-state index contributed by atoms with van der Waals surface area (Å²) in [5.41, 5.74) is 9.13. The molecule has 1 atom stereocenters. The number of carbonyl (C=O) groups excluding carboxylic acids is 1. The number of nitrogens with one attached hydrogen (secondary N) is 2. The van der Waals surface area contributed by atoms with Crippen molar-refractivity contribution in [1.29, 1.82) is 0 Å². The van der Waals surface area contributed by atoms with Gasteiger partial charge in [0.1, 0.15) is 11.6 Å². The summed E-state index contributed by atoms with van der Waals surface area (Å²) in [5, 5.41) is 20.5. The van der Waals surface area contributed by atoms with Crippen LogP contribution in [0, 0.1) is 5.82 Å². The van der Waals surface area contributed by atoms with E-state index in [-0.39, 0.29) is 11.7 Å². The normalized spacial score (nSPS) is 12.3.